The maximum Gasteiger partial charge on any atom is 0.305 e. The number of hydrogen-bond acceptors (Lipinski definition) is 4. The molecule has 0 N–H and O–H groups in total. The Morgan fingerprint density at radius 2 is 1.70 bits per heavy atom. The van der Waals surface area contributed by atoms with Crippen molar-refractivity contribution in [2.24, 2.45) is 0 Å². The molecule has 0 aliphatic heterocycles. The molecule has 0 saturated heterocycles. The molecule has 154 valence electrons. The van der Waals surface area contributed by atoms with Gasteiger partial charge in [0.15, 0.2) is 0 Å². The molecule has 0 bridgehead atoms. The zero-order valence-corrected chi connectivity index (χ0v) is 17.9. The van der Waals surface area contributed by atoms with Crippen LogP contribution in [0.5, 0.6) is 11.5 Å². The van der Waals surface area contributed by atoms with Gasteiger partial charge in [0.05, 0.1) is 19.8 Å². The highest BCUT2D eigenvalue weighted by Gasteiger charge is 2.25. The normalized spacial score (nSPS) is 11.3. The summed E-state index contributed by atoms with van der Waals surface area (Å²) in [5.41, 5.74) is 1.02. The highest BCUT2D eigenvalue weighted by molar-refractivity contribution is 5.69. The van der Waals surface area contributed by atoms with Crippen molar-refractivity contribution in [2.45, 2.75) is 85.0 Å². The molecule has 0 radical (unpaired) electrons. The van der Waals surface area contributed by atoms with Gasteiger partial charge in [-0.3, -0.25) is 4.79 Å². The second-order valence-corrected chi connectivity index (χ2v) is 7.54. The molecule has 0 amide bonds. The first-order valence-electron chi connectivity index (χ1n) is 10.5. The summed E-state index contributed by atoms with van der Waals surface area (Å²) in [5, 5.41) is 0. The van der Waals surface area contributed by atoms with E-state index in [0.29, 0.717) is 26.2 Å². The number of benzene rings is 1. The van der Waals surface area contributed by atoms with E-state index in [9.17, 15) is 4.79 Å². The lowest BCUT2D eigenvalue weighted by Crippen LogP contribution is -2.19. The van der Waals surface area contributed by atoms with E-state index in [2.05, 4.69) is 26.8 Å². The Balaban J connectivity index is 2.58. The zero-order valence-electron chi connectivity index (χ0n) is 17.9. The molecular weight excluding hydrogens is 340 g/mol. The summed E-state index contributed by atoms with van der Waals surface area (Å²) < 4.78 is 16.8. The number of unbranched alkanes of at least 4 members (excludes halogenated alkanes) is 3. The topological polar surface area (TPSA) is 44.8 Å². The summed E-state index contributed by atoms with van der Waals surface area (Å²) in [6.45, 7) is 12.3. The zero-order chi connectivity index (χ0) is 20.1. The minimum Gasteiger partial charge on any atom is -0.494 e. The molecule has 0 unspecified atom stereocenters. The molecule has 0 atom stereocenters. The van der Waals surface area contributed by atoms with Crippen molar-refractivity contribution in [3.8, 4) is 11.5 Å². The number of esters is 1. The molecule has 4 heteroatoms. The molecule has 1 rings (SSSR count). The van der Waals surface area contributed by atoms with Crippen LogP contribution < -0.4 is 9.47 Å². The molecule has 27 heavy (non-hydrogen) atoms. The Morgan fingerprint density at radius 3 is 2.37 bits per heavy atom. The van der Waals surface area contributed by atoms with Gasteiger partial charge in [-0.25, -0.2) is 0 Å². The van der Waals surface area contributed by atoms with Gasteiger partial charge < -0.3 is 14.2 Å². The molecule has 0 heterocycles. The van der Waals surface area contributed by atoms with Crippen LogP contribution in [0.2, 0.25) is 0 Å². The Labute approximate surface area is 165 Å². The van der Waals surface area contributed by atoms with Gasteiger partial charge in [0, 0.05) is 12.0 Å². The summed E-state index contributed by atoms with van der Waals surface area (Å²) in [6.07, 6.45) is 6.64. The van der Waals surface area contributed by atoms with Gasteiger partial charge in [0.1, 0.15) is 11.5 Å². The lowest BCUT2D eigenvalue weighted by atomic mass is 9.79. The van der Waals surface area contributed by atoms with Crippen molar-refractivity contribution in [2.75, 3.05) is 19.8 Å². The number of carbonyl (C=O) groups excluding carboxylic acids is 1. The van der Waals surface area contributed by atoms with Crippen LogP contribution in [0.4, 0.5) is 0 Å². The third-order valence-electron chi connectivity index (χ3n) is 4.73. The van der Waals surface area contributed by atoms with E-state index in [1.807, 2.05) is 26.0 Å². The molecule has 0 aliphatic carbocycles. The summed E-state index contributed by atoms with van der Waals surface area (Å²) in [7, 11) is 0. The summed E-state index contributed by atoms with van der Waals surface area (Å²) >= 11 is 0. The fourth-order valence-corrected chi connectivity index (χ4v) is 3.17. The van der Waals surface area contributed by atoms with Crippen LogP contribution in [0.1, 0.15) is 85.1 Å². The number of carbonyl (C=O) groups is 1. The Bertz CT molecular complexity index is 551. The Kier molecular flexibility index (Phi) is 10.9. The van der Waals surface area contributed by atoms with Gasteiger partial charge in [-0.15, -0.1) is 0 Å². The highest BCUT2D eigenvalue weighted by Crippen LogP contribution is 2.38. The molecule has 1 aromatic rings. The predicted octanol–water partition coefficient (Wildman–Crippen LogP) is 6.06. The minimum absolute atomic E-state index is 0.0876. The van der Waals surface area contributed by atoms with Crippen LogP contribution in [0.25, 0.3) is 0 Å². The molecule has 0 spiro atoms. The van der Waals surface area contributed by atoms with Gasteiger partial charge in [-0.05, 0) is 56.7 Å². The van der Waals surface area contributed by atoms with E-state index in [-0.39, 0.29) is 11.4 Å². The molecule has 0 saturated carbocycles. The number of rotatable bonds is 14. The van der Waals surface area contributed by atoms with Crippen molar-refractivity contribution in [3.05, 3.63) is 23.8 Å². The quantitative estimate of drug-likeness (QED) is 0.292. The number of ether oxygens (including phenoxy) is 3. The molecule has 0 aromatic heterocycles. The maximum absolute atomic E-state index is 11.9. The fraction of sp³-hybridized carbons (Fsp3) is 0.696. The van der Waals surface area contributed by atoms with E-state index in [1.54, 1.807) is 0 Å². The fourth-order valence-electron chi connectivity index (χ4n) is 3.17. The second kappa shape index (κ2) is 12.6. The van der Waals surface area contributed by atoms with Gasteiger partial charge >= 0.3 is 5.97 Å². The molecular formula is C23H38O4. The third kappa shape index (κ3) is 8.68. The van der Waals surface area contributed by atoms with Gasteiger partial charge in [0.2, 0.25) is 0 Å². The highest BCUT2D eigenvalue weighted by atomic mass is 16.5. The second-order valence-electron chi connectivity index (χ2n) is 7.54. The van der Waals surface area contributed by atoms with Crippen LogP contribution in [-0.2, 0) is 14.9 Å². The summed E-state index contributed by atoms with van der Waals surface area (Å²) in [5.74, 6) is 1.66. The molecule has 0 fully saturated rings. The van der Waals surface area contributed by atoms with E-state index < -0.39 is 0 Å². The van der Waals surface area contributed by atoms with Crippen molar-refractivity contribution in [1.29, 1.82) is 0 Å². The van der Waals surface area contributed by atoms with E-state index in [1.165, 1.54) is 12.8 Å². The van der Waals surface area contributed by atoms with Crippen molar-refractivity contribution >= 4 is 5.97 Å². The van der Waals surface area contributed by atoms with E-state index >= 15 is 0 Å². The smallest absolute Gasteiger partial charge is 0.305 e. The third-order valence-corrected chi connectivity index (χ3v) is 4.73. The van der Waals surface area contributed by atoms with Crippen molar-refractivity contribution < 1.29 is 19.0 Å². The lowest BCUT2D eigenvalue weighted by molar-refractivity contribution is -0.143. The van der Waals surface area contributed by atoms with Gasteiger partial charge in [0.25, 0.3) is 0 Å². The van der Waals surface area contributed by atoms with Crippen LogP contribution in [-0.4, -0.2) is 25.8 Å². The monoisotopic (exact) mass is 378 g/mol. The van der Waals surface area contributed by atoms with Crippen LogP contribution in [0.3, 0.4) is 0 Å². The predicted molar refractivity (Wildman–Crippen MR) is 111 cm³/mol. The Hall–Kier alpha value is -1.71. The first-order valence-corrected chi connectivity index (χ1v) is 10.5. The Morgan fingerprint density at radius 1 is 0.963 bits per heavy atom. The first-order chi connectivity index (χ1) is 12.9. The maximum atomic E-state index is 11.9. The van der Waals surface area contributed by atoms with E-state index in [0.717, 1.165) is 42.7 Å². The first kappa shape index (κ1) is 23.3. The molecule has 0 aliphatic rings. The summed E-state index contributed by atoms with van der Waals surface area (Å²) in [4.78, 5) is 11.9. The van der Waals surface area contributed by atoms with Crippen LogP contribution in [0, 0.1) is 0 Å². The van der Waals surface area contributed by atoms with Crippen molar-refractivity contribution in [3.63, 3.8) is 0 Å². The largest absolute Gasteiger partial charge is 0.494 e. The molecule has 4 nitrogen and oxygen atoms in total. The van der Waals surface area contributed by atoms with Crippen LogP contribution >= 0.6 is 0 Å². The van der Waals surface area contributed by atoms with Gasteiger partial charge in [-0.1, -0.05) is 40.0 Å². The van der Waals surface area contributed by atoms with Crippen molar-refractivity contribution in [1.82, 2.24) is 0 Å². The SMILES string of the molecule is CCCCCCOC(=O)CCCC(C)(C)c1cc(OCC)ccc1OCC. The lowest BCUT2D eigenvalue weighted by Gasteiger charge is -2.28. The average Bonchev–Trinajstić information content (AvgIpc) is 2.63. The standard InChI is InChI=1S/C23H38O4/c1-6-9-10-11-17-27-22(24)13-12-16-23(4,5)20-18-19(25-7-2)14-15-21(20)26-8-3/h14-15,18H,6-13,16-17H2,1-5H3. The van der Waals surface area contributed by atoms with Gasteiger partial charge in [-0.2, -0.15) is 0 Å². The van der Waals surface area contributed by atoms with E-state index in [4.69, 9.17) is 14.2 Å². The molecule has 1 aromatic carbocycles. The average molecular weight is 379 g/mol. The minimum atomic E-state index is -0.112. The summed E-state index contributed by atoms with van der Waals surface area (Å²) in [6, 6.07) is 6.00. The van der Waals surface area contributed by atoms with Crippen LogP contribution in [0.15, 0.2) is 18.2 Å². The number of hydrogen-bond donors (Lipinski definition) is 0.